The SMILES string of the molecule is CCCCCC(C)NCCC(N)c1ccccc1. The molecule has 102 valence electrons. The van der Waals surface area contributed by atoms with Gasteiger partial charge in [0.2, 0.25) is 0 Å². The van der Waals surface area contributed by atoms with Gasteiger partial charge in [0, 0.05) is 12.1 Å². The molecule has 0 radical (unpaired) electrons. The first kappa shape index (κ1) is 15.2. The van der Waals surface area contributed by atoms with Crippen molar-refractivity contribution in [2.75, 3.05) is 6.54 Å². The first-order valence-corrected chi connectivity index (χ1v) is 7.28. The van der Waals surface area contributed by atoms with Crippen LogP contribution in [0.1, 0.15) is 57.6 Å². The van der Waals surface area contributed by atoms with E-state index in [9.17, 15) is 0 Å². The van der Waals surface area contributed by atoms with Crippen molar-refractivity contribution in [1.29, 1.82) is 0 Å². The molecular formula is C16H28N2. The molecule has 2 heteroatoms. The summed E-state index contributed by atoms with van der Waals surface area (Å²) in [6, 6.07) is 11.1. The molecule has 1 aromatic rings. The van der Waals surface area contributed by atoms with Gasteiger partial charge in [0.05, 0.1) is 0 Å². The second-order valence-corrected chi connectivity index (χ2v) is 5.16. The number of nitrogens with one attached hydrogen (secondary N) is 1. The van der Waals surface area contributed by atoms with E-state index in [0.29, 0.717) is 6.04 Å². The van der Waals surface area contributed by atoms with E-state index in [-0.39, 0.29) is 6.04 Å². The highest BCUT2D eigenvalue weighted by atomic mass is 14.9. The zero-order valence-electron chi connectivity index (χ0n) is 11.9. The maximum absolute atomic E-state index is 6.16. The lowest BCUT2D eigenvalue weighted by molar-refractivity contribution is 0.468. The largest absolute Gasteiger partial charge is 0.324 e. The molecular weight excluding hydrogens is 220 g/mol. The second-order valence-electron chi connectivity index (χ2n) is 5.16. The second kappa shape index (κ2) is 9.12. The predicted octanol–water partition coefficient (Wildman–Crippen LogP) is 3.63. The first-order chi connectivity index (χ1) is 8.74. The summed E-state index contributed by atoms with van der Waals surface area (Å²) in [7, 11) is 0. The summed E-state index contributed by atoms with van der Waals surface area (Å²) in [5.41, 5.74) is 7.40. The molecule has 0 aliphatic rings. The highest BCUT2D eigenvalue weighted by Crippen LogP contribution is 2.12. The van der Waals surface area contributed by atoms with E-state index in [1.165, 1.54) is 31.2 Å². The lowest BCUT2D eigenvalue weighted by Crippen LogP contribution is -2.29. The van der Waals surface area contributed by atoms with Crippen LogP contribution in [0.15, 0.2) is 30.3 Å². The molecule has 2 nitrogen and oxygen atoms in total. The Bertz CT molecular complexity index is 297. The minimum atomic E-state index is 0.154. The number of rotatable bonds is 9. The molecule has 0 aliphatic carbocycles. The topological polar surface area (TPSA) is 38.0 Å². The van der Waals surface area contributed by atoms with Crippen molar-refractivity contribution in [2.24, 2.45) is 5.73 Å². The van der Waals surface area contributed by atoms with Gasteiger partial charge in [-0.05, 0) is 31.9 Å². The average molecular weight is 248 g/mol. The van der Waals surface area contributed by atoms with Crippen molar-refractivity contribution in [3.63, 3.8) is 0 Å². The Morgan fingerprint density at radius 2 is 1.83 bits per heavy atom. The van der Waals surface area contributed by atoms with Gasteiger partial charge < -0.3 is 11.1 Å². The Balaban J connectivity index is 2.13. The lowest BCUT2D eigenvalue weighted by Gasteiger charge is -2.16. The molecule has 0 heterocycles. The number of hydrogen-bond donors (Lipinski definition) is 2. The van der Waals surface area contributed by atoms with Crippen LogP contribution in [0.5, 0.6) is 0 Å². The zero-order chi connectivity index (χ0) is 13.2. The van der Waals surface area contributed by atoms with Crippen LogP contribution in [0.25, 0.3) is 0 Å². The maximum Gasteiger partial charge on any atom is 0.0306 e. The molecule has 2 atom stereocenters. The quantitative estimate of drug-likeness (QED) is 0.655. The standard InChI is InChI=1S/C16H28N2/c1-3-4-6-9-14(2)18-13-12-16(17)15-10-7-5-8-11-15/h5,7-8,10-11,14,16,18H,3-4,6,9,12-13,17H2,1-2H3. The number of nitrogens with two attached hydrogens (primary N) is 1. The summed E-state index contributed by atoms with van der Waals surface area (Å²) in [6.45, 7) is 5.52. The zero-order valence-corrected chi connectivity index (χ0v) is 11.9. The van der Waals surface area contributed by atoms with Crippen molar-refractivity contribution >= 4 is 0 Å². The fraction of sp³-hybridized carbons (Fsp3) is 0.625. The van der Waals surface area contributed by atoms with Gasteiger partial charge in [0.15, 0.2) is 0 Å². The minimum absolute atomic E-state index is 0.154. The van der Waals surface area contributed by atoms with E-state index in [2.05, 4.69) is 43.4 Å². The van der Waals surface area contributed by atoms with Gasteiger partial charge in [-0.3, -0.25) is 0 Å². The fourth-order valence-electron chi connectivity index (χ4n) is 2.15. The molecule has 1 aromatic carbocycles. The highest BCUT2D eigenvalue weighted by molar-refractivity contribution is 5.18. The third-order valence-corrected chi connectivity index (χ3v) is 3.42. The van der Waals surface area contributed by atoms with Gasteiger partial charge in [0.1, 0.15) is 0 Å². The molecule has 0 saturated carbocycles. The fourth-order valence-corrected chi connectivity index (χ4v) is 2.15. The number of benzene rings is 1. The third-order valence-electron chi connectivity index (χ3n) is 3.42. The molecule has 0 aromatic heterocycles. The van der Waals surface area contributed by atoms with E-state index >= 15 is 0 Å². The van der Waals surface area contributed by atoms with Crippen molar-refractivity contribution in [3.8, 4) is 0 Å². The van der Waals surface area contributed by atoms with Gasteiger partial charge in [-0.25, -0.2) is 0 Å². The molecule has 0 saturated heterocycles. The monoisotopic (exact) mass is 248 g/mol. The lowest BCUT2D eigenvalue weighted by atomic mass is 10.0. The third kappa shape index (κ3) is 6.18. The van der Waals surface area contributed by atoms with Crippen molar-refractivity contribution in [2.45, 2.75) is 58.0 Å². The van der Waals surface area contributed by atoms with Crippen molar-refractivity contribution < 1.29 is 0 Å². The average Bonchev–Trinajstić information content (AvgIpc) is 2.40. The van der Waals surface area contributed by atoms with Crippen LogP contribution in [0.3, 0.4) is 0 Å². The molecule has 2 unspecified atom stereocenters. The van der Waals surface area contributed by atoms with Gasteiger partial charge in [-0.2, -0.15) is 0 Å². The summed E-state index contributed by atoms with van der Waals surface area (Å²) in [6.07, 6.45) is 6.24. The predicted molar refractivity (Wildman–Crippen MR) is 79.6 cm³/mol. The molecule has 0 aliphatic heterocycles. The van der Waals surface area contributed by atoms with E-state index in [0.717, 1.165) is 13.0 Å². The van der Waals surface area contributed by atoms with Crippen LogP contribution < -0.4 is 11.1 Å². The summed E-state index contributed by atoms with van der Waals surface area (Å²) < 4.78 is 0. The first-order valence-electron chi connectivity index (χ1n) is 7.28. The molecule has 18 heavy (non-hydrogen) atoms. The van der Waals surface area contributed by atoms with E-state index in [4.69, 9.17) is 5.73 Å². The van der Waals surface area contributed by atoms with Crippen LogP contribution in [0.4, 0.5) is 0 Å². The van der Waals surface area contributed by atoms with E-state index in [1.54, 1.807) is 0 Å². The van der Waals surface area contributed by atoms with Crippen molar-refractivity contribution in [3.05, 3.63) is 35.9 Å². The van der Waals surface area contributed by atoms with Gasteiger partial charge in [0.25, 0.3) is 0 Å². The molecule has 0 fully saturated rings. The van der Waals surface area contributed by atoms with Crippen molar-refractivity contribution in [1.82, 2.24) is 5.32 Å². The summed E-state index contributed by atoms with van der Waals surface area (Å²) in [5.74, 6) is 0. The van der Waals surface area contributed by atoms with Gasteiger partial charge in [-0.15, -0.1) is 0 Å². The highest BCUT2D eigenvalue weighted by Gasteiger charge is 2.06. The Kier molecular flexibility index (Phi) is 7.70. The smallest absolute Gasteiger partial charge is 0.0306 e. The summed E-state index contributed by atoms with van der Waals surface area (Å²) in [4.78, 5) is 0. The molecule has 1 rings (SSSR count). The van der Waals surface area contributed by atoms with Crippen LogP contribution in [0, 0.1) is 0 Å². The Hall–Kier alpha value is -0.860. The molecule has 0 bridgehead atoms. The Morgan fingerprint density at radius 1 is 1.11 bits per heavy atom. The van der Waals surface area contributed by atoms with Gasteiger partial charge >= 0.3 is 0 Å². The van der Waals surface area contributed by atoms with Crippen LogP contribution in [-0.4, -0.2) is 12.6 Å². The van der Waals surface area contributed by atoms with Crippen LogP contribution in [-0.2, 0) is 0 Å². The minimum Gasteiger partial charge on any atom is -0.324 e. The molecule has 3 N–H and O–H groups in total. The normalized spacial score (nSPS) is 14.4. The van der Waals surface area contributed by atoms with E-state index < -0.39 is 0 Å². The van der Waals surface area contributed by atoms with Gasteiger partial charge in [-0.1, -0.05) is 56.5 Å². The Morgan fingerprint density at radius 3 is 2.50 bits per heavy atom. The molecule has 0 amide bonds. The van der Waals surface area contributed by atoms with Crippen LogP contribution in [0.2, 0.25) is 0 Å². The summed E-state index contributed by atoms with van der Waals surface area (Å²) in [5, 5.41) is 3.56. The number of hydrogen-bond acceptors (Lipinski definition) is 2. The Labute approximate surface area is 112 Å². The summed E-state index contributed by atoms with van der Waals surface area (Å²) >= 11 is 0. The number of unbranched alkanes of at least 4 members (excludes halogenated alkanes) is 2. The molecule has 0 spiro atoms. The van der Waals surface area contributed by atoms with Crippen LogP contribution >= 0.6 is 0 Å². The maximum atomic E-state index is 6.16. The van der Waals surface area contributed by atoms with E-state index in [1.807, 2.05) is 6.07 Å².